The molecule has 0 saturated heterocycles. The molecule has 6 heteroatoms. The zero-order chi connectivity index (χ0) is 19.0. The summed E-state index contributed by atoms with van der Waals surface area (Å²) >= 11 is 0. The van der Waals surface area contributed by atoms with Gasteiger partial charge in [0.2, 0.25) is 5.88 Å². The van der Waals surface area contributed by atoms with Crippen molar-refractivity contribution in [3.8, 4) is 11.6 Å². The van der Waals surface area contributed by atoms with Crippen LogP contribution in [-0.4, -0.2) is 33.3 Å². The molecule has 140 valence electrons. The van der Waals surface area contributed by atoms with Crippen LogP contribution in [0.1, 0.15) is 36.6 Å². The average molecular weight is 364 g/mol. The normalized spacial score (nSPS) is 13.7. The van der Waals surface area contributed by atoms with Crippen molar-refractivity contribution in [2.45, 2.75) is 46.1 Å². The number of benzene rings is 1. The van der Waals surface area contributed by atoms with Gasteiger partial charge in [0.15, 0.2) is 12.3 Å². The number of fused-ring (bicyclic) bond motifs is 1. The lowest BCUT2D eigenvalue weighted by Gasteiger charge is -2.09. The predicted molar refractivity (Wildman–Crippen MR) is 104 cm³/mol. The Balaban J connectivity index is 1.69. The van der Waals surface area contributed by atoms with Crippen molar-refractivity contribution in [1.29, 1.82) is 0 Å². The van der Waals surface area contributed by atoms with Gasteiger partial charge >= 0.3 is 0 Å². The van der Waals surface area contributed by atoms with Crippen molar-refractivity contribution >= 4 is 16.9 Å². The number of carbonyl (C=O) groups excluding carboxylic acids is 1. The fraction of sp³-hybridized carbons (Fsp3) is 0.381. The Bertz CT molecular complexity index is 988. The highest BCUT2D eigenvalue weighted by atomic mass is 16.5. The lowest BCUT2D eigenvalue weighted by molar-refractivity contribution is -0.123. The number of hydrogen-bond acceptors (Lipinski definition) is 4. The van der Waals surface area contributed by atoms with E-state index in [0.717, 1.165) is 47.2 Å². The first-order valence-electron chi connectivity index (χ1n) is 9.43. The molecule has 1 N–H and O–H groups in total. The second-order valence-corrected chi connectivity index (χ2v) is 7.14. The second-order valence-electron chi connectivity index (χ2n) is 7.14. The van der Waals surface area contributed by atoms with E-state index in [1.807, 2.05) is 29.8 Å². The van der Waals surface area contributed by atoms with Crippen LogP contribution in [0.5, 0.6) is 5.88 Å². The maximum atomic E-state index is 11.9. The van der Waals surface area contributed by atoms with E-state index in [0.29, 0.717) is 11.9 Å². The van der Waals surface area contributed by atoms with Crippen molar-refractivity contribution < 1.29 is 9.53 Å². The molecule has 1 saturated carbocycles. The molecule has 27 heavy (non-hydrogen) atoms. The number of hydrogen-bond donors (Lipinski definition) is 1. The van der Waals surface area contributed by atoms with Gasteiger partial charge in [-0.25, -0.2) is 4.68 Å². The highest BCUT2D eigenvalue weighted by Gasteiger charge is 2.23. The van der Waals surface area contributed by atoms with Crippen LogP contribution in [0.2, 0.25) is 0 Å². The lowest BCUT2D eigenvalue weighted by Crippen LogP contribution is -2.30. The van der Waals surface area contributed by atoms with Crippen LogP contribution in [0.15, 0.2) is 30.3 Å². The van der Waals surface area contributed by atoms with Crippen LogP contribution in [0.4, 0.5) is 0 Å². The molecule has 0 bridgehead atoms. The summed E-state index contributed by atoms with van der Waals surface area (Å²) in [6.45, 7) is 6.14. The number of nitrogens with zero attached hydrogens (tertiary/aromatic N) is 3. The van der Waals surface area contributed by atoms with E-state index in [9.17, 15) is 4.79 Å². The van der Waals surface area contributed by atoms with Crippen molar-refractivity contribution in [3.05, 3.63) is 47.2 Å². The molecular formula is C21H24N4O2. The molecule has 6 nitrogen and oxygen atoms in total. The summed E-state index contributed by atoms with van der Waals surface area (Å²) in [5.74, 6) is 0.360. The minimum absolute atomic E-state index is 0.0180. The van der Waals surface area contributed by atoms with Gasteiger partial charge in [-0.05, 0) is 50.8 Å². The quantitative estimate of drug-likeness (QED) is 0.729. The maximum Gasteiger partial charge on any atom is 0.258 e. The number of pyridine rings is 1. The van der Waals surface area contributed by atoms with Gasteiger partial charge in [0.05, 0.1) is 11.4 Å². The Morgan fingerprint density at radius 3 is 2.67 bits per heavy atom. The van der Waals surface area contributed by atoms with E-state index in [1.54, 1.807) is 0 Å². The smallest absolute Gasteiger partial charge is 0.258 e. The molecule has 0 aliphatic heterocycles. The van der Waals surface area contributed by atoms with Gasteiger partial charge in [-0.1, -0.05) is 24.6 Å². The molecule has 0 spiro atoms. The summed E-state index contributed by atoms with van der Waals surface area (Å²) in [5.41, 5.74) is 4.96. The van der Waals surface area contributed by atoms with Gasteiger partial charge in [0, 0.05) is 17.5 Å². The van der Waals surface area contributed by atoms with Gasteiger partial charge in [-0.3, -0.25) is 4.79 Å². The van der Waals surface area contributed by atoms with Crippen LogP contribution in [0.3, 0.4) is 0 Å². The zero-order valence-corrected chi connectivity index (χ0v) is 16.0. The third-order valence-electron chi connectivity index (χ3n) is 4.82. The van der Waals surface area contributed by atoms with E-state index < -0.39 is 0 Å². The Morgan fingerprint density at radius 1 is 1.26 bits per heavy atom. The summed E-state index contributed by atoms with van der Waals surface area (Å²) < 4.78 is 7.55. The molecule has 2 heterocycles. The summed E-state index contributed by atoms with van der Waals surface area (Å²) in [6.07, 6.45) is 2.96. The number of aromatic nitrogens is 3. The molecule has 1 aliphatic rings. The molecular weight excluding hydrogens is 340 g/mol. The summed E-state index contributed by atoms with van der Waals surface area (Å²) in [5, 5.41) is 8.68. The fourth-order valence-corrected chi connectivity index (χ4v) is 3.21. The van der Waals surface area contributed by atoms with E-state index in [-0.39, 0.29) is 12.5 Å². The first kappa shape index (κ1) is 17.5. The zero-order valence-electron chi connectivity index (χ0n) is 16.0. The molecule has 1 aliphatic carbocycles. The molecule has 3 aromatic rings. The summed E-state index contributed by atoms with van der Waals surface area (Å²) in [4.78, 5) is 16.6. The standard InChI is InChI=1S/C21H24N4O2/c1-4-15-11-19(27-12-18(26)22-16-7-8-16)23-21-20(15)14(3)24-25(21)17-9-5-13(2)6-10-17/h5-6,9-11,16H,4,7-8,12H2,1-3H3,(H,22,26). The van der Waals surface area contributed by atoms with Crippen LogP contribution in [0.25, 0.3) is 16.7 Å². The summed E-state index contributed by atoms with van der Waals surface area (Å²) in [7, 11) is 0. The Kier molecular flexibility index (Phi) is 4.56. The van der Waals surface area contributed by atoms with Crippen LogP contribution < -0.4 is 10.1 Å². The van der Waals surface area contributed by atoms with E-state index in [4.69, 9.17) is 9.84 Å². The third-order valence-corrected chi connectivity index (χ3v) is 4.82. The van der Waals surface area contributed by atoms with Crippen molar-refractivity contribution in [1.82, 2.24) is 20.1 Å². The Hall–Kier alpha value is -2.89. The van der Waals surface area contributed by atoms with Gasteiger partial charge in [-0.15, -0.1) is 0 Å². The molecule has 1 fully saturated rings. The van der Waals surface area contributed by atoms with Crippen molar-refractivity contribution in [2.24, 2.45) is 0 Å². The second kappa shape index (κ2) is 7.02. The van der Waals surface area contributed by atoms with Gasteiger partial charge in [0.1, 0.15) is 0 Å². The number of rotatable bonds is 6. The van der Waals surface area contributed by atoms with E-state index >= 15 is 0 Å². The highest BCUT2D eigenvalue weighted by molar-refractivity contribution is 5.84. The van der Waals surface area contributed by atoms with Crippen LogP contribution in [-0.2, 0) is 11.2 Å². The molecule has 0 atom stereocenters. The minimum Gasteiger partial charge on any atom is -0.468 e. The van der Waals surface area contributed by atoms with E-state index in [1.165, 1.54) is 5.56 Å². The number of nitrogens with one attached hydrogen (secondary N) is 1. The molecule has 1 aromatic carbocycles. The number of ether oxygens (including phenoxy) is 1. The topological polar surface area (TPSA) is 69.0 Å². The molecule has 1 amide bonds. The van der Waals surface area contributed by atoms with Crippen molar-refractivity contribution in [3.63, 3.8) is 0 Å². The SMILES string of the molecule is CCc1cc(OCC(=O)NC2CC2)nc2c1c(C)nn2-c1ccc(C)cc1. The molecule has 0 radical (unpaired) electrons. The highest BCUT2D eigenvalue weighted by Crippen LogP contribution is 2.28. The predicted octanol–water partition coefficient (Wildman–Crippen LogP) is 3.26. The maximum absolute atomic E-state index is 11.9. The fourth-order valence-electron chi connectivity index (χ4n) is 3.21. The molecule has 4 rings (SSSR count). The van der Waals surface area contributed by atoms with Gasteiger partial charge in [0.25, 0.3) is 5.91 Å². The molecule has 2 aromatic heterocycles. The minimum atomic E-state index is -0.0966. The van der Waals surface area contributed by atoms with E-state index in [2.05, 4.69) is 36.3 Å². The molecule has 0 unspecified atom stereocenters. The Morgan fingerprint density at radius 2 is 2.00 bits per heavy atom. The third kappa shape index (κ3) is 3.65. The average Bonchev–Trinajstić information content (AvgIpc) is 3.42. The number of amides is 1. The number of carbonyl (C=O) groups is 1. The monoisotopic (exact) mass is 364 g/mol. The Labute approximate surface area is 158 Å². The van der Waals surface area contributed by atoms with Crippen molar-refractivity contribution in [2.75, 3.05) is 6.61 Å². The first-order valence-corrected chi connectivity index (χ1v) is 9.43. The van der Waals surface area contributed by atoms with Crippen LogP contribution >= 0.6 is 0 Å². The van der Waals surface area contributed by atoms with Gasteiger partial charge < -0.3 is 10.1 Å². The first-order chi connectivity index (χ1) is 13.0. The summed E-state index contributed by atoms with van der Waals surface area (Å²) in [6, 6.07) is 10.4. The number of aryl methyl sites for hydroxylation is 3. The van der Waals surface area contributed by atoms with Gasteiger partial charge in [-0.2, -0.15) is 10.1 Å². The lowest BCUT2D eigenvalue weighted by atomic mass is 10.1. The largest absolute Gasteiger partial charge is 0.468 e. The van der Waals surface area contributed by atoms with Crippen LogP contribution in [0, 0.1) is 13.8 Å².